The van der Waals surface area contributed by atoms with Crippen LogP contribution in [0.1, 0.15) is 39.0 Å². The number of hydrogen-bond acceptors (Lipinski definition) is 4. The van der Waals surface area contributed by atoms with Gasteiger partial charge >= 0.3 is 0 Å². The van der Waals surface area contributed by atoms with Crippen molar-refractivity contribution in [3.8, 4) is 0 Å². The van der Waals surface area contributed by atoms with Gasteiger partial charge in [-0.2, -0.15) is 17.4 Å². The zero-order chi connectivity index (χ0) is 16.0. The molecule has 2 aliphatic rings. The lowest BCUT2D eigenvalue weighted by atomic mass is 9.99. The molecule has 2 heterocycles. The van der Waals surface area contributed by atoms with E-state index in [4.69, 9.17) is 4.74 Å². The summed E-state index contributed by atoms with van der Waals surface area (Å²) in [6, 6.07) is 0.0574. The van der Waals surface area contributed by atoms with E-state index in [0.717, 1.165) is 58.3 Å². The van der Waals surface area contributed by atoms with Crippen LogP contribution in [0.5, 0.6) is 0 Å². The Morgan fingerprint density at radius 2 is 1.91 bits per heavy atom. The number of nitrogens with one attached hydrogen (secondary N) is 1. The molecule has 2 fully saturated rings. The van der Waals surface area contributed by atoms with Crippen molar-refractivity contribution >= 4 is 10.2 Å². The molecule has 1 unspecified atom stereocenters. The Morgan fingerprint density at radius 3 is 2.55 bits per heavy atom. The van der Waals surface area contributed by atoms with Crippen molar-refractivity contribution in [3.05, 3.63) is 0 Å². The molecule has 6 nitrogen and oxygen atoms in total. The predicted octanol–water partition coefficient (Wildman–Crippen LogP) is 1.05. The molecule has 2 saturated heterocycles. The first kappa shape index (κ1) is 18.1. The Labute approximate surface area is 135 Å². The minimum atomic E-state index is -3.34. The van der Waals surface area contributed by atoms with Gasteiger partial charge in [0, 0.05) is 39.4 Å². The summed E-state index contributed by atoms with van der Waals surface area (Å²) in [5.74, 6) is 0.492. The second kappa shape index (κ2) is 8.59. The van der Waals surface area contributed by atoms with Crippen LogP contribution < -0.4 is 4.72 Å². The molecule has 0 amide bonds. The second-order valence-corrected chi connectivity index (χ2v) is 8.26. The molecule has 1 N–H and O–H groups in total. The highest BCUT2D eigenvalue weighted by Gasteiger charge is 2.31. The molecule has 22 heavy (non-hydrogen) atoms. The van der Waals surface area contributed by atoms with E-state index in [0.29, 0.717) is 19.0 Å². The van der Waals surface area contributed by atoms with E-state index in [9.17, 15) is 8.42 Å². The molecule has 0 aromatic rings. The van der Waals surface area contributed by atoms with E-state index in [-0.39, 0.29) is 6.04 Å². The summed E-state index contributed by atoms with van der Waals surface area (Å²) < 4.78 is 34.8. The van der Waals surface area contributed by atoms with Crippen LogP contribution in [-0.4, -0.2) is 70.1 Å². The van der Waals surface area contributed by atoms with Crippen LogP contribution in [0.4, 0.5) is 0 Å². The van der Waals surface area contributed by atoms with Gasteiger partial charge in [-0.1, -0.05) is 6.92 Å². The molecular weight excluding hydrogens is 302 g/mol. The Kier molecular flexibility index (Phi) is 7.08. The van der Waals surface area contributed by atoms with E-state index >= 15 is 0 Å². The smallest absolute Gasteiger partial charge is 0.279 e. The van der Waals surface area contributed by atoms with E-state index in [2.05, 4.69) is 16.5 Å². The van der Waals surface area contributed by atoms with Gasteiger partial charge in [0.05, 0.1) is 0 Å². The van der Waals surface area contributed by atoms with Crippen LogP contribution in [0.2, 0.25) is 0 Å². The van der Waals surface area contributed by atoms with Crippen LogP contribution in [0, 0.1) is 5.92 Å². The molecule has 7 heteroatoms. The summed E-state index contributed by atoms with van der Waals surface area (Å²) in [4.78, 5) is 2.36. The van der Waals surface area contributed by atoms with E-state index in [1.807, 2.05) is 0 Å². The topological polar surface area (TPSA) is 61.9 Å². The van der Waals surface area contributed by atoms with Gasteiger partial charge in [0.15, 0.2) is 0 Å². The average molecular weight is 333 g/mol. The summed E-state index contributed by atoms with van der Waals surface area (Å²) in [5, 5.41) is 0. The molecule has 1 atom stereocenters. The maximum absolute atomic E-state index is 12.5. The Hall–Kier alpha value is -0.210. The zero-order valence-corrected chi connectivity index (χ0v) is 14.8. The number of nitrogens with zero attached hydrogens (tertiary/aromatic N) is 2. The summed E-state index contributed by atoms with van der Waals surface area (Å²) in [6.45, 7) is 7.10. The van der Waals surface area contributed by atoms with Crippen molar-refractivity contribution in [2.75, 3.05) is 46.4 Å². The number of rotatable bonds is 7. The van der Waals surface area contributed by atoms with E-state index in [1.165, 1.54) is 0 Å². The highest BCUT2D eigenvalue weighted by molar-refractivity contribution is 7.87. The molecule has 2 aliphatic heterocycles. The molecule has 0 saturated carbocycles. The number of likely N-dealkylation sites (tertiary alicyclic amines) is 1. The average Bonchev–Trinajstić information content (AvgIpc) is 2.48. The fraction of sp³-hybridized carbons (Fsp3) is 1.00. The largest absolute Gasteiger partial charge is 0.384 e. The Balaban J connectivity index is 1.83. The van der Waals surface area contributed by atoms with Crippen LogP contribution in [-0.2, 0) is 14.9 Å². The van der Waals surface area contributed by atoms with Gasteiger partial charge in [-0.25, -0.2) is 0 Å². The van der Waals surface area contributed by atoms with Crippen molar-refractivity contribution in [1.29, 1.82) is 0 Å². The molecule has 0 aromatic carbocycles. The standard InChI is InChI=1S/C15H31N3O3S/c1-3-8-17-9-4-5-15(12-17)16-22(19,20)18-10-6-14(7-11-18)13-21-2/h14-16H,3-13H2,1-2H3. The predicted molar refractivity (Wildman–Crippen MR) is 88.0 cm³/mol. The number of hydrogen-bond donors (Lipinski definition) is 1. The third-order valence-corrected chi connectivity index (χ3v) is 6.35. The summed E-state index contributed by atoms with van der Waals surface area (Å²) in [6.07, 6.45) is 4.91. The number of ether oxygens (including phenoxy) is 1. The minimum absolute atomic E-state index is 0.0574. The van der Waals surface area contributed by atoms with Crippen molar-refractivity contribution in [1.82, 2.24) is 13.9 Å². The fourth-order valence-electron chi connectivity index (χ4n) is 3.51. The first-order chi connectivity index (χ1) is 10.5. The van der Waals surface area contributed by atoms with Crippen molar-refractivity contribution < 1.29 is 13.2 Å². The number of methoxy groups -OCH3 is 1. The SMILES string of the molecule is CCCN1CCCC(NS(=O)(=O)N2CCC(COC)CC2)C1. The first-order valence-corrected chi connectivity index (χ1v) is 9.98. The Bertz CT molecular complexity index is 420. The van der Waals surface area contributed by atoms with E-state index in [1.54, 1.807) is 11.4 Å². The summed E-state index contributed by atoms with van der Waals surface area (Å²) in [5.41, 5.74) is 0. The summed E-state index contributed by atoms with van der Waals surface area (Å²) in [7, 11) is -1.64. The molecule has 0 aromatic heterocycles. The van der Waals surface area contributed by atoms with Crippen LogP contribution in [0.25, 0.3) is 0 Å². The van der Waals surface area contributed by atoms with Gasteiger partial charge in [0.2, 0.25) is 0 Å². The monoisotopic (exact) mass is 333 g/mol. The zero-order valence-electron chi connectivity index (χ0n) is 14.0. The van der Waals surface area contributed by atoms with Gasteiger partial charge in [-0.3, -0.25) is 0 Å². The second-order valence-electron chi connectivity index (χ2n) is 6.56. The van der Waals surface area contributed by atoms with Crippen molar-refractivity contribution in [3.63, 3.8) is 0 Å². The highest BCUT2D eigenvalue weighted by atomic mass is 32.2. The summed E-state index contributed by atoms with van der Waals surface area (Å²) >= 11 is 0. The van der Waals surface area contributed by atoms with E-state index < -0.39 is 10.2 Å². The quantitative estimate of drug-likeness (QED) is 0.757. The van der Waals surface area contributed by atoms with Gasteiger partial charge in [-0.05, 0) is 51.1 Å². The van der Waals surface area contributed by atoms with Crippen LogP contribution in [0.3, 0.4) is 0 Å². The third kappa shape index (κ3) is 5.16. The normalized spacial score (nSPS) is 26.4. The lowest BCUT2D eigenvalue weighted by Crippen LogP contribution is -2.53. The fourth-order valence-corrected chi connectivity index (χ4v) is 4.96. The van der Waals surface area contributed by atoms with Crippen molar-refractivity contribution in [2.24, 2.45) is 5.92 Å². The maximum Gasteiger partial charge on any atom is 0.279 e. The third-order valence-electron chi connectivity index (χ3n) is 4.68. The molecule has 0 aliphatic carbocycles. The first-order valence-electron chi connectivity index (χ1n) is 8.54. The van der Waals surface area contributed by atoms with Crippen molar-refractivity contribution in [2.45, 2.75) is 45.1 Å². The minimum Gasteiger partial charge on any atom is -0.384 e. The van der Waals surface area contributed by atoms with Crippen LogP contribution in [0.15, 0.2) is 0 Å². The van der Waals surface area contributed by atoms with Gasteiger partial charge in [0.1, 0.15) is 0 Å². The molecule has 0 radical (unpaired) electrons. The highest BCUT2D eigenvalue weighted by Crippen LogP contribution is 2.20. The Morgan fingerprint density at radius 1 is 1.18 bits per heavy atom. The van der Waals surface area contributed by atoms with Gasteiger partial charge in [-0.15, -0.1) is 0 Å². The molecular formula is C15H31N3O3S. The van der Waals surface area contributed by atoms with Crippen LogP contribution >= 0.6 is 0 Å². The molecule has 0 bridgehead atoms. The number of piperidine rings is 2. The lowest BCUT2D eigenvalue weighted by molar-refractivity contribution is 0.120. The maximum atomic E-state index is 12.5. The molecule has 0 spiro atoms. The molecule has 130 valence electrons. The van der Waals surface area contributed by atoms with Gasteiger partial charge < -0.3 is 9.64 Å². The van der Waals surface area contributed by atoms with Gasteiger partial charge in [0.25, 0.3) is 10.2 Å². The molecule has 2 rings (SSSR count). The lowest BCUT2D eigenvalue weighted by Gasteiger charge is -2.35.